The Morgan fingerprint density at radius 3 is 1.86 bits per heavy atom. The molecule has 0 aliphatic rings. The van der Waals surface area contributed by atoms with Crippen LogP contribution < -0.4 is 9.80 Å². The highest BCUT2D eigenvalue weighted by atomic mass is 15.1. The van der Waals surface area contributed by atoms with Gasteiger partial charge in [-0.1, -0.05) is 91.9 Å². The van der Waals surface area contributed by atoms with Crippen LogP contribution in [-0.2, 0) is 6.42 Å². The van der Waals surface area contributed by atoms with Gasteiger partial charge in [0.25, 0.3) is 0 Å². The molecular formula is C40H36N2. The molecule has 2 nitrogen and oxygen atoms in total. The third kappa shape index (κ3) is 5.57. The molecule has 0 fully saturated rings. The SMILES string of the molecule is C/C=C\c1cc2cc(N(C)c3ccc(N(c4ccccc4)c4cccc(-c5ccccc5)c4)cc3)ccc2cc1CC. The van der Waals surface area contributed by atoms with Gasteiger partial charge in [0.15, 0.2) is 0 Å². The van der Waals surface area contributed by atoms with E-state index < -0.39 is 0 Å². The molecular weight excluding hydrogens is 508 g/mol. The zero-order valence-electron chi connectivity index (χ0n) is 24.5. The van der Waals surface area contributed by atoms with Crippen molar-refractivity contribution in [2.45, 2.75) is 20.3 Å². The molecule has 6 aromatic rings. The molecule has 0 saturated heterocycles. The standard InChI is InChI=1S/C40H36N2/c1-4-13-32-27-35-29-39(21-20-34(35)26-30(32)5-2)41(3)36-22-24-38(25-23-36)42(37-17-10-7-11-18-37)40-19-12-16-33(28-40)31-14-8-6-9-15-31/h4,6-29H,5H2,1-3H3/b13-4-. The van der Waals surface area contributed by atoms with Crippen molar-refractivity contribution in [3.63, 3.8) is 0 Å². The van der Waals surface area contributed by atoms with Gasteiger partial charge in [0.1, 0.15) is 0 Å². The van der Waals surface area contributed by atoms with Gasteiger partial charge in [0.05, 0.1) is 0 Å². The van der Waals surface area contributed by atoms with Crippen LogP contribution in [-0.4, -0.2) is 7.05 Å². The second-order valence-corrected chi connectivity index (χ2v) is 10.6. The van der Waals surface area contributed by atoms with Crippen molar-refractivity contribution in [1.29, 1.82) is 0 Å². The molecule has 0 unspecified atom stereocenters. The maximum absolute atomic E-state index is 2.33. The Bertz CT molecular complexity index is 1820. The van der Waals surface area contributed by atoms with E-state index in [0.29, 0.717) is 0 Å². The number of allylic oxidation sites excluding steroid dienone is 1. The first-order valence-corrected chi connectivity index (χ1v) is 14.7. The molecule has 0 spiro atoms. The molecule has 6 aromatic carbocycles. The largest absolute Gasteiger partial charge is 0.345 e. The second kappa shape index (κ2) is 12.2. The van der Waals surface area contributed by atoms with Crippen molar-refractivity contribution in [3.8, 4) is 11.1 Å². The summed E-state index contributed by atoms with van der Waals surface area (Å²) in [5.74, 6) is 0. The molecule has 6 rings (SSSR count). The topological polar surface area (TPSA) is 6.48 Å². The number of anilines is 5. The molecule has 0 N–H and O–H groups in total. The zero-order chi connectivity index (χ0) is 28.9. The molecule has 2 heteroatoms. The van der Waals surface area contributed by atoms with Crippen molar-refractivity contribution >= 4 is 45.3 Å². The summed E-state index contributed by atoms with van der Waals surface area (Å²) in [4.78, 5) is 4.58. The number of nitrogens with zero attached hydrogens (tertiary/aromatic N) is 2. The van der Waals surface area contributed by atoms with Gasteiger partial charge in [-0.15, -0.1) is 0 Å². The minimum Gasteiger partial charge on any atom is -0.345 e. The van der Waals surface area contributed by atoms with E-state index in [2.05, 4.69) is 182 Å². The van der Waals surface area contributed by atoms with Crippen LogP contribution in [0.1, 0.15) is 25.0 Å². The molecule has 0 amide bonds. The second-order valence-electron chi connectivity index (χ2n) is 10.6. The van der Waals surface area contributed by atoms with E-state index in [-0.39, 0.29) is 0 Å². The average molecular weight is 545 g/mol. The fraction of sp³-hybridized carbons (Fsp3) is 0.100. The minimum absolute atomic E-state index is 1.03. The highest BCUT2D eigenvalue weighted by Crippen LogP contribution is 2.38. The van der Waals surface area contributed by atoms with Gasteiger partial charge in [-0.3, -0.25) is 0 Å². The Hall–Kier alpha value is -5.08. The number of rotatable bonds is 8. The lowest BCUT2D eigenvalue weighted by atomic mass is 9.98. The summed E-state index contributed by atoms with van der Waals surface area (Å²) < 4.78 is 0. The summed E-state index contributed by atoms with van der Waals surface area (Å²) in [6.07, 6.45) is 5.36. The molecule has 0 radical (unpaired) electrons. The highest BCUT2D eigenvalue weighted by Gasteiger charge is 2.14. The summed E-state index contributed by atoms with van der Waals surface area (Å²) in [5, 5.41) is 2.54. The molecule has 0 atom stereocenters. The molecule has 0 saturated carbocycles. The summed E-state index contributed by atoms with van der Waals surface area (Å²) in [6.45, 7) is 4.30. The fourth-order valence-corrected chi connectivity index (χ4v) is 5.65. The van der Waals surface area contributed by atoms with E-state index in [4.69, 9.17) is 0 Å². The van der Waals surface area contributed by atoms with Gasteiger partial charge in [-0.2, -0.15) is 0 Å². The molecule has 0 bridgehead atoms. The van der Waals surface area contributed by atoms with E-state index in [1.807, 2.05) is 0 Å². The van der Waals surface area contributed by atoms with Gasteiger partial charge in [-0.05, 0) is 113 Å². The number of hydrogen-bond acceptors (Lipinski definition) is 2. The zero-order valence-corrected chi connectivity index (χ0v) is 24.5. The van der Waals surface area contributed by atoms with Crippen LogP contribution >= 0.6 is 0 Å². The highest BCUT2D eigenvalue weighted by molar-refractivity contribution is 5.90. The lowest BCUT2D eigenvalue weighted by Crippen LogP contribution is -2.12. The predicted molar refractivity (Wildman–Crippen MR) is 183 cm³/mol. The summed E-state index contributed by atoms with van der Waals surface area (Å²) in [7, 11) is 2.14. The van der Waals surface area contributed by atoms with Crippen LogP contribution in [0, 0.1) is 0 Å². The summed E-state index contributed by atoms with van der Waals surface area (Å²) in [5.41, 5.74) is 10.8. The summed E-state index contributed by atoms with van der Waals surface area (Å²) >= 11 is 0. The van der Waals surface area contributed by atoms with Gasteiger partial charge in [-0.25, -0.2) is 0 Å². The van der Waals surface area contributed by atoms with Crippen molar-refractivity contribution in [3.05, 3.63) is 157 Å². The Morgan fingerprint density at radius 2 is 1.14 bits per heavy atom. The molecule has 0 aliphatic carbocycles. The monoisotopic (exact) mass is 544 g/mol. The van der Waals surface area contributed by atoms with Crippen molar-refractivity contribution in [1.82, 2.24) is 0 Å². The van der Waals surface area contributed by atoms with Crippen LogP contribution in [0.4, 0.5) is 28.4 Å². The fourth-order valence-electron chi connectivity index (χ4n) is 5.65. The van der Waals surface area contributed by atoms with E-state index in [9.17, 15) is 0 Å². The van der Waals surface area contributed by atoms with Gasteiger partial charge in [0.2, 0.25) is 0 Å². The summed E-state index contributed by atoms with van der Waals surface area (Å²) in [6, 6.07) is 50.1. The number of aryl methyl sites for hydroxylation is 1. The predicted octanol–water partition coefficient (Wildman–Crippen LogP) is 11.3. The molecule has 0 heterocycles. The molecule has 42 heavy (non-hydrogen) atoms. The Kier molecular flexibility index (Phi) is 7.87. The third-order valence-electron chi connectivity index (χ3n) is 7.92. The molecule has 206 valence electrons. The Morgan fingerprint density at radius 1 is 0.524 bits per heavy atom. The van der Waals surface area contributed by atoms with Crippen molar-refractivity contribution in [2.75, 3.05) is 16.8 Å². The molecule has 0 aromatic heterocycles. The third-order valence-corrected chi connectivity index (χ3v) is 7.92. The quantitative estimate of drug-likeness (QED) is 0.188. The number of fused-ring (bicyclic) bond motifs is 1. The van der Waals surface area contributed by atoms with Crippen LogP contribution in [0.15, 0.2) is 146 Å². The minimum atomic E-state index is 1.03. The lowest BCUT2D eigenvalue weighted by Gasteiger charge is -2.27. The maximum atomic E-state index is 2.33. The number of para-hydroxylation sites is 1. The first-order valence-electron chi connectivity index (χ1n) is 14.7. The number of hydrogen-bond donors (Lipinski definition) is 0. The van der Waals surface area contributed by atoms with Gasteiger partial charge < -0.3 is 9.80 Å². The first kappa shape index (κ1) is 27.1. The lowest BCUT2D eigenvalue weighted by molar-refractivity contribution is 1.14. The normalized spacial score (nSPS) is 11.2. The first-order chi connectivity index (χ1) is 20.6. The van der Waals surface area contributed by atoms with E-state index in [1.165, 1.54) is 38.7 Å². The van der Waals surface area contributed by atoms with Crippen LogP contribution in [0.25, 0.3) is 28.0 Å². The smallest absolute Gasteiger partial charge is 0.0467 e. The van der Waals surface area contributed by atoms with Crippen LogP contribution in [0.2, 0.25) is 0 Å². The van der Waals surface area contributed by atoms with Gasteiger partial charge >= 0.3 is 0 Å². The molecule has 0 aliphatic heterocycles. The van der Waals surface area contributed by atoms with E-state index in [1.54, 1.807) is 0 Å². The van der Waals surface area contributed by atoms with E-state index >= 15 is 0 Å². The Labute approximate surface area is 249 Å². The maximum Gasteiger partial charge on any atom is 0.0467 e. The van der Waals surface area contributed by atoms with Crippen LogP contribution in [0.3, 0.4) is 0 Å². The van der Waals surface area contributed by atoms with Crippen molar-refractivity contribution < 1.29 is 0 Å². The van der Waals surface area contributed by atoms with Gasteiger partial charge in [0, 0.05) is 35.5 Å². The van der Waals surface area contributed by atoms with Crippen molar-refractivity contribution in [2.24, 2.45) is 0 Å². The number of benzene rings is 6. The average Bonchev–Trinajstić information content (AvgIpc) is 3.05. The van der Waals surface area contributed by atoms with Crippen LogP contribution in [0.5, 0.6) is 0 Å². The Balaban J connectivity index is 1.34. The van der Waals surface area contributed by atoms with E-state index in [0.717, 1.165) is 29.2 Å².